The van der Waals surface area contributed by atoms with Gasteiger partial charge in [-0.15, -0.1) is 11.3 Å². The number of hydrogen-bond donors (Lipinski definition) is 1. The Hall–Kier alpha value is -3.32. The molecule has 2 aromatic carbocycles. The van der Waals surface area contributed by atoms with E-state index in [0.717, 1.165) is 16.5 Å². The summed E-state index contributed by atoms with van der Waals surface area (Å²) in [5.41, 5.74) is 2.65. The maximum atomic E-state index is 12.9. The molecule has 0 saturated carbocycles. The number of nitrogens with zero attached hydrogens (tertiary/aromatic N) is 2. The lowest BCUT2D eigenvalue weighted by Gasteiger charge is -2.06. The van der Waals surface area contributed by atoms with Gasteiger partial charge in [0.2, 0.25) is 6.79 Å². The Balaban J connectivity index is 1.60. The topological polar surface area (TPSA) is 65.4 Å². The van der Waals surface area contributed by atoms with Crippen molar-refractivity contribution in [3.8, 4) is 11.5 Å². The zero-order valence-electron chi connectivity index (χ0n) is 14.2. The number of amides is 1. The molecule has 0 unspecified atom stereocenters. The number of anilines is 1. The van der Waals surface area contributed by atoms with Crippen LogP contribution in [-0.2, 0) is 6.54 Å². The van der Waals surface area contributed by atoms with Crippen molar-refractivity contribution < 1.29 is 14.3 Å². The monoisotopic (exact) mass is 377 g/mol. The molecule has 1 amide bonds. The van der Waals surface area contributed by atoms with E-state index in [-0.39, 0.29) is 12.7 Å². The Kier molecular flexibility index (Phi) is 3.79. The summed E-state index contributed by atoms with van der Waals surface area (Å²) in [5, 5.41) is 6.08. The minimum atomic E-state index is -0.194. The predicted molar refractivity (Wildman–Crippen MR) is 104 cm³/mol. The van der Waals surface area contributed by atoms with Crippen molar-refractivity contribution in [3.05, 3.63) is 71.4 Å². The van der Waals surface area contributed by atoms with E-state index in [1.165, 1.54) is 11.3 Å². The van der Waals surface area contributed by atoms with Gasteiger partial charge in [0.1, 0.15) is 0 Å². The first-order valence-corrected chi connectivity index (χ1v) is 9.33. The normalized spacial score (nSPS) is 12.4. The van der Waals surface area contributed by atoms with E-state index in [4.69, 9.17) is 9.47 Å². The van der Waals surface area contributed by atoms with E-state index in [1.54, 1.807) is 6.20 Å². The molecule has 27 heavy (non-hydrogen) atoms. The highest BCUT2D eigenvalue weighted by atomic mass is 32.1. The van der Waals surface area contributed by atoms with Crippen molar-refractivity contribution in [1.82, 2.24) is 9.55 Å². The van der Waals surface area contributed by atoms with Crippen LogP contribution in [0.15, 0.2) is 60.2 Å². The summed E-state index contributed by atoms with van der Waals surface area (Å²) >= 11 is 1.39. The van der Waals surface area contributed by atoms with Crippen LogP contribution in [0.5, 0.6) is 11.5 Å². The maximum absolute atomic E-state index is 12.9. The second-order valence-corrected chi connectivity index (χ2v) is 7.06. The molecule has 1 N–H and O–H groups in total. The molecule has 0 aliphatic carbocycles. The lowest BCUT2D eigenvalue weighted by atomic mass is 10.1. The van der Waals surface area contributed by atoms with Gasteiger partial charge in [0.15, 0.2) is 16.6 Å². The molecule has 4 aromatic rings. The van der Waals surface area contributed by atoms with Crippen LogP contribution in [0.3, 0.4) is 0 Å². The average molecular weight is 377 g/mol. The van der Waals surface area contributed by atoms with Gasteiger partial charge in [0, 0.05) is 35.8 Å². The fraction of sp³-hybridized carbons (Fsp3) is 0.100. The second-order valence-electron chi connectivity index (χ2n) is 6.17. The van der Waals surface area contributed by atoms with Gasteiger partial charge >= 0.3 is 0 Å². The molecular weight excluding hydrogens is 362 g/mol. The van der Waals surface area contributed by atoms with Crippen LogP contribution in [0.1, 0.15) is 15.9 Å². The molecule has 0 spiro atoms. The number of fused-ring (bicyclic) bond motifs is 2. The summed E-state index contributed by atoms with van der Waals surface area (Å²) in [5.74, 6) is 1.16. The van der Waals surface area contributed by atoms with E-state index in [0.29, 0.717) is 28.7 Å². The van der Waals surface area contributed by atoms with E-state index in [2.05, 4.69) is 27.0 Å². The molecule has 134 valence electrons. The van der Waals surface area contributed by atoms with Gasteiger partial charge in [-0.25, -0.2) is 4.98 Å². The zero-order chi connectivity index (χ0) is 18.2. The number of thiazole rings is 1. The summed E-state index contributed by atoms with van der Waals surface area (Å²) in [6.45, 7) is 0.850. The molecule has 6 nitrogen and oxygen atoms in total. The standard InChI is InChI=1S/C20H15N3O3S/c24-19(22-20-21-6-7-27-20)15-11-23(10-13-4-2-1-3-5-13)16-9-18-17(8-14(15)16)25-12-26-18/h1-9,11H,10,12H2,(H,21,22,24). The molecule has 2 aromatic heterocycles. The molecule has 1 aliphatic heterocycles. The van der Waals surface area contributed by atoms with Crippen molar-refractivity contribution in [2.24, 2.45) is 0 Å². The van der Waals surface area contributed by atoms with Crippen LogP contribution in [0, 0.1) is 0 Å². The van der Waals surface area contributed by atoms with Gasteiger partial charge < -0.3 is 14.0 Å². The number of benzene rings is 2. The first-order valence-electron chi connectivity index (χ1n) is 8.45. The third-order valence-corrected chi connectivity index (χ3v) is 5.16. The second kappa shape index (κ2) is 6.44. The molecule has 0 atom stereocenters. The third kappa shape index (κ3) is 2.92. The van der Waals surface area contributed by atoms with Gasteiger partial charge in [0.25, 0.3) is 5.91 Å². The third-order valence-electron chi connectivity index (χ3n) is 4.47. The SMILES string of the molecule is O=C(Nc1nccs1)c1cn(Cc2ccccc2)c2cc3c(cc12)OCO3. The van der Waals surface area contributed by atoms with Gasteiger partial charge in [-0.3, -0.25) is 10.1 Å². The van der Waals surface area contributed by atoms with Gasteiger partial charge in [-0.05, 0) is 11.6 Å². The first-order chi connectivity index (χ1) is 13.3. The lowest BCUT2D eigenvalue weighted by Crippen LogP contribution is -2.11. The van der Waals surface area contributed by atoms with Crippen LogP contribution in [0.25, 0.3) is 10.9 Å². The smallest absolute Gasteiger partial charge is 0.259 e. The van der Waals surface area contributed by atoms with Crippen molar-refractivity contribution in [2.45, 2.75) is 6.54 Å². The van der Waals surface area contributed by atoms with Crippen molar-refractivity contribution in [3.63, 3.8) is 0 Å². The minimum Gasteiger partial charge on any atom is -0.454 e. The van der Waals surface area contributed by atoms with E-state index in [1.807, 2.05) is 41.9 Å². The minimum absolute atomic E-state index is 0.194. The largest absolute Gasteiger partial charge is 0.454 e. The van der Waals surface area contributed by atoms with E-state index in [9.17, 15) is 4.79 Å². The molecule has 1 aliphatic rings. The zero-order valence-corrected chi connectivity index (χ0v) is 15.0. The highest BCUT2D eigenvalue weighted by Gasteiger charge is 2.22. The van der Waals surface area contributed by atoms with Crippen molar-refractivity contribution in [2.75, 3.05) is 12.1 Å². The Morgan fingerprint density at radius 3 is 2.78 bits per heavy atom. The summed E-state index contributed by atoms with van der Waals surface area (Å²) in [6.07, 6.45) is 3.53. The maximum Gasteiger partial charge on any atom is 0.259 e. The van der Waals surface area contributed by atoms with Gasteiger partial charge in [-0.1, -0.05) is 30.3 Å². The predicted octanol–water partition coefficient (Wildman–Crippen LogP) is 4.13. The van der Waals surface area contributed by atoms with Crippen LogP contribution >= 0.6 is 11.3 Å². The van der Waals surface area contributed by atoms with E-state index >= 15 is 0 Å². The molecular formula is C20H15N3O3S. The van der Waals surface area contributed by atoms with Crippen LogP contribution < -0.4 is 14.8 Å². The molecule has 7 heteroatoms. The first kappa shape index (κ1) is 15.9. The van der Waals surface area contributed by atoms with Crippen LogP contribution in [-0.4, -0.2) is 22.3 Å². The number of rotatable bonds is 4. The fourth-order valence-corrected chi connectivity index (χ4v) is 3.74. The molecule has 0 fully saturated rings. The van der Waals surface area contributed by atoms with Crippen molar-refractivity contribution >= 4 is 33.3 Å². The molecule has 0 radical (unpaired) electrons. The Morgan fingerprint density at radius 2 is 2.00 bits per heavy atom. The van der Waals surface area contributed by atoms with Gasteiger partial charge in [-0.2, -0.15) is 0 Å². The Labute approximate surface area is 159 Å². The highest BCUT2D eigenvalue weighted by Crippen LogP contribution is 2.38. The van der Waals surface area contributed by atoms with Crippen LogP contribution in [0.4, 0.5) is 5.13 Å². The van der Waals surface area contributed by atoms with Crippen molar-refractivity contribution in [1.29, 1.82) is 0 Å². The summed E-state index contributed by atoms with van der Waals surface area (Å²) in [6, 6.07) is 13.9. The number of aromatic nitrogens is 2. The number of carbonyl (C=O) groups is 1. The molecule has 0 saturated heterocycles. The molecule has 3 heterocycles. The lowest BCUT2D eigenvalue weighted by molar-refractivity contribution is 0.102. The average Bonchev–Trinajstić information content (AvgIpc) is 3.41. The summed E-state index contributed by atoms with van der Waals surface area (Å²) in [4.78, 5) is 17.0. The highest BCUT2D eigenvalue weighted by molar-refractivity contribution is 7.13. The fourth-order valence-electron chi connectivity index (χ4n) is 3.22. The molecule has 0 bridgehead atoms. The van der Waals surface area contributed by atoms with E-state index < -0.39 is 0 Å². The Morgan fingerprint density at radius 1 is 1.19 bits per heavy atom. The number of hydrogen-bond acceptors (Lipinski definition) is 5. The number of nitrogens with one attached hydrogen (secondary N) is 1. The Bertz CT molecular complexity index is 1120. The number of carbonyl (C=O) groups excluding carboxylic acids is 1. The molecule has 5 rings (SSSR count). The quantitative estimate of drug-likeness (QED) is 0.581. The van der Waals surface area contributed by atoms with Gasteiger partial charge in [0.05, 0.1) is 11.1 Å². The summed E-state index contributed by atoms with van der Waals surface area (Å²) < 4.78 is 13.1. The number of ether oxygens (including phenoxy) is 2. The summed E-state index contributed by atoms with van der Waals surface area (Å²) in [7, 11) is 0. The van der Waals surface area contributed by atoms with Crippen LogP contribution in [0.2, 0.25) is 0 Å².